The van der Waals surface area contributed by atoms with E-state index in [-0.39, 0.29) is 17.6 Å². The van der Waals surface area contributed by atoms with Crippen LogP contribution < -0.4 is 10.6 Å². The second-order valence-electron chi connectivity index (χ2n) is 5.65. The van der Waals surface area contributed by atoms with Crippen LogP contribution in [0.1, 0.15) is 29.0 Å². The van der Waals surface area contributed by atoms with E-state index in [4.69, 9.17) is 23.2 Å². The van der Waals surface area contributed by atoms with Crippen molar-refractivity contribution in [1.82, 2.24) is 9.97 Å². The van der Waals surface area contributed by atoms with Crippen molar-refractivity contribution in [3.63, 3.8) is 0 Å². The minimum Gasteiger partial charge on any atom is -0.362 e. The maximum atomic E-state index is 12.3. The topological polar surface area (TPSA) is 66.9 Å². The molecule has 7 heteroatoms. The van der Waals surface area contributed by atoms with Crippen molar-refractivity contribution in [2.24, 2.45) is 0 Å². The second-order valence-corrected chi connectivity index (χ2v) is 6.46. The standard InChI is InChI=1S/C19H16Cl2N4O/c1-12(13-5-3-2-4-6-13)24-18-11-22-17(10-23-18)19(26)25-14-7-8-15(20)16(21)9-14/h2-12H,1H3,(H,23,24)(H,25,26). The molecule has 0 saturated heterocycles. The average Bonchev–Trinajstić information content (AvgIpc) is 2.66. The lowest BCUT2D eigenvalue weighted by Crippen LogP contribution is -2.15. The van der Waals surface area contributed by atoms with Gasteiger partial charge in [0.15, 0.2) is 0 Å². The zero-order valence-corrected chi connectivity index (χ0v) is 15.4. The van der Waals surface area contributed by atoms with E-state index in [9.17, 15) is 4.79 Å². The first-order valence-corrected chi connectivity index (χ1v) is 8.68. The normalized spacial score (nSPS) is 11.7. The van der Waals surface area contributed by atoms with Crippen LogP contribution in [0.4, 0.5) is 11.5 Å². The Balaban J connectivity index is 1.65. The number of anilines is 2. The number of nitrogens with one attached hydrogen (secondary N) is 2. The van der Waals surface area contributed by atoms with Gasteiger partial charge in [-0.3, -0.25) is 4.79 Å². The molecule has 0 spiro atoms. The summed E-state index contributed by atoms with van der Waals surface area (Å²) in [6, 6.07) is 14.9. The van der Waals surface area contributed by atoms with Crippen LogP contribution in [0, 0.1) is 0 Å². The highest BCUT2D eigenvalue weighted by molar-refractivity contribution is 6.42. The number of carbonyl (C=O) groups is 1. The second kappa shape index (κ2) is 8.17. The number of rotatable bonds is 5. The van der Waals surface area contributed by atoms with E-state index in [2.05, 4.69) is 20.6 Å². The van der Waals surface area contributed by atoms with Crippen molar-refractivity contribution < 1.29 is 4.79 Å². The van der Waals surface area contributed by atoms with Crippen molar-refractivity contribution in [3.8, 4) is 0 Å². The zero-order valence-electron chi connectivity index (χ0n) is 13.9. The Labute approximate surface area is 161 Å². The Hall–Kier alpha value is -2.63. The van der Waals surface area contributed by atoms with Crippen LogP contribution in [0.3, 0.4) is 0 Å². The van der Waals surface area contributed by atoms with E-state index in [1.807, 2.05) is 37.3 Å². The van der Waals surface area contributed by atoms with Gasteiger partial charge in [-0.2, -0.15) is 0 Å². The van der Waals surface area contributed by atoms with Crippen LogP contribution in [0.15, 0.2) is 60.9 Å². The maximum absolute atomic E-state index is 12.3. The SMILES string of the molecule is CC(Nc1cnc(C(=O)Nc2ccc(Cl)c(Cl)c2)cn1)c1ccccc1. The summed E-state index contributed by atoms with van der Waals surface area (Å²) in [5, 5.41) is 6.75. The monoisotopic (exact) mass is 386 g/mol. The Morgan fingerprint density at radius 1 is 1.00 bits per heavy atom. The van der Waals surface area contributed by atoms with Crippen molar-refractivity contribution in [1.29, 1.82) is 0 Å². The number of carbonyl (C=O) groups excluding carboxylic acids is 1. The fourth-order valence-corrected chi connectivity index (χ4v) is 2.63. The average molecular weight is 387 g/mol. The van der Waals surface area contributed by atoms with E-state index in [0.717, 1.165) is 5.56 Å². The van der Waals surface area contributed by atoms with Crippen LogP contribution in [-0.2, 0) is 0 Å². The Morgan fingerprint density at radius 2 is 1.77 bits per heavy atom. The molecule has 0 aliphatic rings. The van der Waals surface area contributed by atoms with Gasteiger partial charge in [0.1, 0.15) is 11.5 Å². The molecule has 0 saturated carbocycles. The Bertz CT molecular complexity index is 901. The molecule has 2 N–H and O–H groups in total. The van der Waals surface area contributed by atoms with Gasteiger partial charge in [-0.05, 0) is 30.7 Å². The summed E-state index contributed by atoms with van der Waals surface area (Å²) in [4.78, 5) is 20.7. The highest BCUT2D eigenvalue weighted by Gasteiger charge is 2.11. The van der Waals surface area contributed by atoms with E-state index in [0.29, 0.717) is 21.6 Å². The Kier molecular flexibility index (Phi) is 5.71. The van der Waals surface area contributed by atoms with E-state index >= 15 is 0 Å². The summed E-state index contributed by atoms with van der Waals surface area (Å²) in [7, 11) is 0. The van der Waals surface area contributed by atoms with E-state index in [1.165, 1.54) is 12.4 Å². The van der Waals surface area contributed by atoms with Gasteiger partial charge in [0.25, 0.3) is 5.91 Å². The highest BCUT2D eigenvalue weighted by Crippen LogP contribution is 2.25. The largest absolute Gasteiger partial charge is 0.362 e. The summed E-state index contributed by atoms with van der Waals surface area (Å²) < 4.78 is 0. The number of aromatic nitrogens is 2. The lowest BCUT2D eigenvalue weighted by molar-refractivity contribution is 0.102. The lowest BCUT2D eigenvalue weighted by atomic mass is 10.1. The molecule has 0 radical (unpaired) electrons. The van der Waals surface area contributed by atoms with Crippen LogP contribution >= 0.6 is 23.2 Å². The highest BCUT2D eigenvalue weighted by atomic mass is 35.5. The number of nitrogens with zero attached hydrogens (tertiary/aromatic N) is 2. The molecule has 1 unspecified atom stereocenters. The smallest absolute Gasteiger partial charge is 0.275 e. The quantitative estimate of drug-likeness (QED) is 0.631. The maximum Gasteiger partial charge on any atom is 0.275 e. The fraction of sp³-hybridized carbons (Fsp3) is 0.105. The van der Waals surface area contributed by atoms with Gasteiger partial charge in [-0.15, -0.1) is 0 Å². The third-order valence-electron chi connectivity index (χ3n) is 3.73. The molecule has 3 aromatic rings. The van der Waals surface area contributed by atoms with Gasteiger partial charge in [0.2, 0.25) is 0 Å². The summed E-state index contributed by atoms with van der Waals surface area (Å²) in [5.41, 5.74) is 1.87. The molecule has 2 aromatic carbocycles. The zero-order chi connectivity index (χ0) is 18.5. The minimum atomic E-state index is -0.376. The molecule has 132 valence electrons. The summed E-state index contributed by atoms with van der Waals surface area (Å²) >= 11 is 11.8. The molecule has 0 bridgehead atoms. The van der Waals surface area contributed by atoms with Gasteiger partial charge in [0, 0.05) is 11.7 Å². The van der Waals surface area contributed by atoms with E-state index < -0.39 is 0 Å². The number of hydrogen-bond acceptors (Lipinski definition) is 4. The molecule has 1 amide bonds. The molecule has 26 heavy (non-hydrogen) atoms. The minimum absolute atomic E-state index is 0.0707. The molecular formula is C19H16Cl2N4O. The number of amides is 1. The molecule has 0 aliphatic carbocycles. The van der Waals surface area contributed by atoms with Crippen molar-refractivity contribution in [2.75, 3.05) is 10.6 Å². The third-order valence-corrected chi connectivity index (χ3v) is 4.46. The fourth-order valence-electron chi connectivity index (χ4n) is 2.34. The first kappa shape index (κ1) is 18.2. The van der Waals surface area contributed by atoms with Gasteiger partial charge >= 0.3 is 0 Å². The molecule has 1 heterocycles. The van der Waals surface area contributed by atoms with Gasteiger partial charge in [-0.1, -0.05) is 53.5 Å². The van der Waals surface area contributed by atoms with Crippen LogP contribution in [0.5, 0.6) is 0 Å². The van der Waals surface area contributed by atoms with Gasteiger partial charge in [-0.25, -0.2) is 9.97 Å². The first-order chi connectivity index (χ1) is 12.5. The molecular weight excluding hydrogens is 371 g/mol. The molecule has 0 fully saturated rings. The molecule has 3 rings (SSSR count). The van der Waals surface area contributed by atoms with Crippen molar-refractivity contribution in [2.45, 2.75) is 13.0 Å². The summed E-state index contributed by atoms with van der Waals surface area (Å²) in [6.07, 6.45) is 2.95. The van der Waals surface area contributed by atoms with Gasteiger partial charge < -0.3 is 10.6 Å². The third kappa shape index (κ3) is 4.50. The lowest BCUT2D eigenvalue weighted by Gasteiger charge is -2.14. The van der Waals surface area contributed by atoms with Crippen molar-refractivity contribution in [3.05, 3.63) is 82.2 Å². The molecule has 0 aliphatic heterocycles. The van der Waals surface area contributed by atoms with Crippen LogP contribution in [-0.4, -0.2) is 15.9 Å². The molecule has 1 aromatic heterocycles. The molecule has 1 atom stereocenters. The van der Waals surface area contributed by atoms with Gasteiger partial charge in [0.05, 0.1) is 22.4 Å². The predicted octanol–water partition coefficient (Wildman–Crippen LogP) is 5.21. The predicted molar refractivity (Wildman–Crippen MR) is 105 cm³/mol. The summed E-state index contributed by atoms with van der Waals surface area (Å²) in [6.45, 7) is 2.03. The summed E-state index contributed by atoms with van der Waals surface area (Å²) in [5.74, 6) is 0.214. The Morgan fingerprint density at radius 3 is 2.42 bits per heavy atom. The first-order valence-electron chi connectivity index (χ1n) is 7.93. The number of benzene rings is 2. The van der Waals surface area contributed by atoms with Crippen LogP contribution in [0.2, 0.25) is 10.0 Å². The van der Waals surface area contributed by atoms with E-state index in [1.54, 1.807) is 18.2 Å². The van der Waals surface area contributed by atoms with Crippen LogP contribution in [0.25, 0.3) is 0 Å². The number of halogens is 2. The molecule has 5 nitrogen and oxygen atoms in total. The van der Waals surface area contributed by atoms with Crippen molar-refractivity contribution >= 4 is 40.6 Å². The number of hydrogen-bond donors (Lipinski definition) is 2.